The Morgan fingerprint density at radius 1 is 1.25 bits per heavy atom. The molecule has 0 unspecified atom stereocenters. The Balaban J connectivity index is 1.74. The minimum Gasteiger partial charge on any atom is -0.480 e. The van der Waals surface area contributed by atoms with Gasteiger partial charge < -0.3 is 9.84 Å². The van der Waals surface area contributed by atoms with Gasteiger partial charge in [-0.1, -0.05) is 37.3 Å². The Morgan fingerprint density at radius 3 is 2.54 bits per heavy atom. The van der Waals surface area contributed by atoms with Crippen LogP contribution < -0.4 is 0 Å². The molecule has 3 rings (SSSR count). The van der Waals surface area contributed by atoms with Crippen molar-refractivity contribution in [2.75, 3.05) is 6.61 Å². The molecule has 1 amide bonds. The van der Waals surface area contributed by atoms with E-state index in [2.05, 4.69) is 6.92 Å². The maximum absolute atomic E-state index is 12.9. The highest BCUT2D eigenvalue weighted by Gasteiger charge is 2.53. The van der Waals surface area contributed by atoms with Gasteiger partial charge in [0.05, 0.1) is 6.61 Å². The molecule has 24 heavy (non-hydrogen) atoms. The van der Waals surface area contributed by atoms with Crippen LogP contribution in [0.5, 0.6) is 0 Å². The van der Waals surface area contributed by atoms with E-state index in [1.165, 1.54) is 0 Å². The molecule has 5 heteroatoms. The van der Waals surface area contributed by atoms with Crippen molar-refractivity contribution in [1.82, 2.24) is 4.90 Å². The Kier molecular flexibility index (Phi) is 4.90. The highest BCUT2D eigenvalue weighted by Crippen LogP contribution is 2.42. The highest BCUT2D eigenvalue weighted by atomic mass is 16.5. The molecule has 1 saturated carbocycles. The zero-order chi connectivity index (χ0) is 17.2. The second-order valence-corrected chi connectivity index (χ2v) is 7.04. The Morgan fingerprint density at radius 2 is 1.92 bits per heavy atom. The van der Waals surface area contributed by atoms with E-state index in [1.807, 2.05) is 30.3 Å². The summed E-state index contributed by atoms with van der Waals surface area (Å²) in [5.74, 6) is -0.485. The number of hydrogen-bond donors (Lipinski definition) is 1. The summed E-state index contributed by atoms with van der Waals surface area (Å²) in [4.78, 5) is 26.0. The normalized spacial score (nSPS) is 29.8. The molecule has 2 fully saturated rings. The van der Waals surface area contributed by atoms with Gasteiger partial charge in [0.15, 0.2) is 6.04 Å². The lowest BCUT2D eigenvalue weighted by atomic mass is 9.83. The zero-order valence-corrected chi connectivity index (χ0v) is 14.1. The van der Waals surface area contributed by atoms with E-state index in [1.54, 1.807) is 4.90 Å². The standard InChI is InChI=1S/C19H25NO4/c1-14-9-11-19(12-10-14)20(16(13-24-19)18(22)23)17(21)8-7-15-5-3-2-4-6-15/h2-6,14,16H,7-13H2,1H3,(H,22,23)/t14?,16-,19?/m0/s1. The number of amides is 1. The van der Waals surface area contributed by atoms with E-state index < -0.39 is 17.7 Å². The lowest BCUT2D eigenvalue weighted by Gasteiger charge is -2.42. The van der Waals surface area contributed by atoms with Crippen molar-refractivity contribution >= 4 is 11.9 Å². The van der Waals surface area contributed by atoms with Crippen molar-refractivity contribution in [3.05, 3.63) is 35.9 Å². The van der Waals surface area contributed by atoms with Crippen molar-refractivity contribution in [2.24, 2.45) is 5.92 Å². The van der Waals surface area contributed by atoms with Crippen LogP contribution in [0.2, 0.25) is 0 Å². The molecule has 0 radical (unpaired) electrons. The molecular weight excluding hydrogens is 306 g/mol. The summed E-state index contributed by atoms with van der Waals surface area (Å²) in [6, 6.07) is 8.95. The summed E-state index contributed by atoms with van der Waals surface area (Å²) < 4.78 is 5.91. The van der Waals surface area contributed by atoms with Gasteiger partial charge in [-0.15, -0.1) is 0 Å². The fourth-order valence-electron chi connectivity index (χ4n) is 3.86. The molecule has 2 aliphatic rings. The number of carboxylic acid groups (broad SMARTS) is 1. The number of hydrogen-bond acceptors (Lipinski definition) is 3. The van der Waals surface area contributed by atoms with Gasteiger partial charge >= 0.3 is 5.97 Å². The average Bonchev–Trinajstić information content (AvgIpc) is 2.96. The summed E-state index contributed by atoms with van der Waals surface area (Å²) in [5.41, 5.74) is 0.382. The summed E-state index contributed by atoms with van der Waals surface area (Å²) in [6.07, 6.45) is 4.33. The molecular formula is C19H25NO4. The first-order valence-corrected chi connectivity index (χ1v) is 8.75. The van der Waals surface area contributed by atoms with Gasteiger partial charge in [0.2, 0.25) is 5.91 Å². The minimum atomic E-state index is -0.974. The van der Waals surface area contributed by atoms with Crippen LogP contribution >= 0.6 is 0 Å². The first-order valence-electron chi connectivity index (χ1n) is 8.75. The first kappa shape index (κ1) is 17.0. The molecule has 1 aromatic carbocycles. The van der Waals surface area contributed by atoms with E-state index in [0.717, 1.165) is 31.2 Å². The number of carboxylic acids is 1. The van der Waals surface area contributed by atoms with E-state index in [4.69, 9.17) is 4.74 Å². The molecule has 1 spiro atoms. The SMILES string of the molecule is CC1CCC2(CC1)OC[C@@H](C(=O)O)N2C(=O)CCc1ccccc1. The molecule has 0 aromatic heterocycles. The van der Waals surface area contributed by atoms with Gasteiger partial charge in [-0.2, -0.15) is 0 Å². The van der Waals surface area contributed by atoms with Crippen LogP contribution in [0, 0.1) is 5.92 Å². The Hall–Kier alpha value is -1.88. The van der Waals surface area contributed by atoms with Crippen molar-refractivity contribution in [1.29, 1.82) is 0 Å². The van der Waals surface area contributed by atoms with Crippen molar-refractivity contribution < 1.29 is 19.4 Å². The van der Waals surface area contributed by atoms with Crippen LogP contribution in [0.1, 0.15) is 44.6 Å². The van der Waals surface area contributed by atoms with E-state index in [0.29, 0.717) is 18.8 Å². The van der Waals surface area contributed by atoms with E-state index in [-0.39, 0.29) is 12.5 Å². The largest absolute Gasteiger partial charge is 0.480 e. The number of carbonyl (C=O) groups excluding carboxylic acids is 1. The maximum Gasteiger partial charge on any atom is 0.328 e. The molecule has 1 atom stereocenters. The second-order valence-electron chi connectivity index (χ2n) is 7.04. The van der Waals surface area contributed by atoms with E-state index in [9.17, 15) is 14.7 Å². The fourth-order valence-corrected chi connectivity index (χ4v) is 3.86. The van der Waals surface area contributed by atoms with Crippen LogP contribution in [0.15, 0.2) is 30.3 Å². The molecule has 1 heterocycles. The topological polar surface area (TPSA) is 66.8 Å². The number of benzene rings is 1. The summed E-state index contributed by atoms with van der Waals surface area (Å²) in [5, 5.41) is 9.51. The van der Waals surface area contributed by atoms with Crippen LogP contribution in [0.4, 0.5) is 0 Å². The number of aryl methyl sites for hydroxylation is 1. The third kappa shape index (κ3) is 3.31. The van der Waals surface area contributed by atoms with Gasteiger partial charge in [0, 0.05) is 6.42 Å². The lowest BCUT2D eigenvalue weighted by molar-refractivity contribution is -0.164. The second kappa shape index (κ2) is 6.93. The van der Waals surface area contributed by atoms with Gasteiger partial charge in [-0.25, -0.2) is 4.79 Å². The predicted molar refractivity (Wildman–Crippen MR) is 89.3 cm³/mol. The van der Waals surface area contributed by atoms with E-state index >= 15 is 0 Å². The Bertz CT molecular complexity index is 593. The minimum absolute atomic E-state index is 0.0980. The number of rotatable bonds is 4. The van der Waals surface area contributed by atoms with Gasteiger partial charge in [0.25, 0.3) is 0 Å². The van der Waals surface area contributed by atoms with Crippen LogP contribution in [0.25, 0.3) is 0 Å². The van der Waals surface area contributed by atoms with Crippen molar-refractivity contribution in [3.8, 4) is 0 Å². The Labute approximate surface area is 142 Å². The van der Waals surface area contributed by atoms with Crippen molar-refractivity contribution in [3.63, 3.8) is 0 Å². The lowest BCUT2D eigenvalue weighted by Crippen LogP contribution is -2.55. The summed E-state index contributed by atoms with van der Waals surface area (Å²) in [7, 11) is 0. The average molecular weight is 331 g/mol. The zero-order valence-electron chi connectivity index (χ0n) is 14.1. The van der Waals surface area contributed by atoms with Gasteiger partial charge in [0.1, 0.15) is 5.72 Å². The fraction of sp³-hybridized carbons (Fsp3) is 0.579. The van der Waals surface area contributed by atoms with Crippen LogP contribution in [-0.4, -0.2) is 40.3 Å². The van der Waals surface area contributed by atoms with Crippen LogP contribution in [0.3, 0.4) is 0 Å². The molecule has 5 nitrogen and oxygen atoms in total. The van der Waals surface area contributed by atoms with Gasteiger partial charge in [-0.3, -0.25) is 9.69 Å². The monoisotopic (exact) mass is 331 g/mol. The molecule has 1 aliphatic heterocycles. The molecule has 1 aromatic rings. The molecule has 0 bridgehead atoms. The predicted octanol–water partition coefficient (Wildman–Crippen LogP) is 2.84. The molecule has 1 aliphatic carbocycles. The third-order valence-corrected chi connectivity index (χ3v) is 5.34. The number of ether oxygens (including phenoxy) is 1. The van der Waals surface area contributed by atoms with Gasteiger partial charge in [-0.05, 0) is 43.6 Å². The quantitative estimate of drug-likeness (QED) is 0.921. The maximum atomic E-state index is 12.9. The number of aliphatic carboxylic acids is 1. The third-order valence-electron chi connectivity index (χ3n) is 5.34. The molecule has 1 N–H and O–H groups in total. The molecule has 130 valence electrons. The number of carbonyl (C=O) groups is 2. The van der Waals surface area contributed by atoms with Crippen molar-refractivity contribution in [2.45, 2.75) is 57.2 Å². The smallest absolute Gasteiger partial charge is 0.328 e. The number of nitrogens with zero attached hydrogens (tertiary/aromatic N) is 1. The molecule has 1 saturated heterocycles. The first-order chi connectivity index (χ1) is 11.5. The summed E-state index contributed by atoms with van der Waals surface area (Å²) >= 11 is 0. The van der Waals surface area contributed by atoms with Crippen LogP contribution in [-0.2, 0) is 20.7 Å². The highest BCUT2D eigenvalue weighted by molar-refractivity contribution is 5.85. The summed E-state index contributed by atoms with van der Waals surface area (Å²) in [6.45, 7) is 2.29.